The lowest BCUT2D eigenvalue weighted by Crippen LogP contribution is -2.10. The topological polar surface area (TPSA) is 63.2 Å². The van der Waals surface area contributed by atoms with E-state index in [1.807, 2.05) is 0 Å². The van der Waals surface area contributed by atoms with E-state index in [1.54, 1.807) is 30.3 Å². The zero-order valence-electron chi connectivity index (χ0n) is 8.17. The molecule has 15 heavy (non-hydrogen) atoms. The Kier molecular flexibility index (Phi) is 3.62. The molecule has 0 aliphatic heterocycles. The van der Waals surface area contributed by atoms with Gasteiger partial charge in [0.15, 0.2) is 0 Å². The van der Waals surface area contributed by atoms with Gasteiger partial charge in [-0.1, -0.05) is 18.2 Å². The van der Waals surface area contributed by atoms with Crippen LogP contribution in [0.3, 0.4) is 0 Å². The van der Waals surface area contributed by atoms with Gasteiger partial charge >= 0.3 is 0 Å². The molecule has 0 atom stereocenters. The smallest absolute Gasteiger partial charge is 0.229 e. The summed E-state index contributed by atoms with van der Waals surface area (Å²) in [5, 5.41) is 0. The average molecular weight is 225 g/mol. The number of carbonyl (C=O) groups excluding carboxylic acids is 1. The van der Waals surface area contributed by atoms with Gasteiger partial charge < -0.3 is 0 Å². The molecule has 1 rings (SSSR count). The summed E-state index contributed by atoms with van der Waals surface area (Å²) in [7, 11) is -3.30. The molecule has 1 aromatic rings. The van der Waals surface area contributed by atoms with Crippen molar-refractivity contribution in [1.29, 1.82) is 0 Å². The third-order valence-electron chi connectivity index (χ3n) is 1.61. The van der Waals surface area contributed by atoms with E-state index < -0.39 is 10.0 Å². The summed E-state index contributed by atoms with van der Waals surface area (Å²) >= 11 is 0. The van der Waals surface area contributed by atoms with Crippen LogP contribution in [0.5, 0.6) is 0 Å². The lowest BCUT2D eigenvalue weighted by atomic mass is 10.2. The number of para-hydroxylation sites is 1. The van der Waals surface area contributed by atoms with E-state index in [9.17, 15) is 13.2 Å². The van der Waals surface area contributed by atoms with Gasteiger partial charge in [-0.15, -0.1) is 0 Å². The van der Waals surface area contributed by atoms with Crippen molar-refractivity contribution in [2.24, 2.45) is 0 Å². The monoisotopic (exact) mass is 225 g/mol. The molecule has 0 aliphatic rings. The molecule has 0 bridgehead atoms. The summed E-state index contributed by atoms with van der Waals surface area (Å²) in [6, 6.07) is 6.82. The molecule has 1 aromatic carbocycles. The van der Waals surface area contributed by atoms with Crippen molar-refractivity contribution in [3.63, 3.8) is 0 Å². The minimum atomic E-state index is -3.30. The van der Waals surface area contributed by atoms with Crippen LogP contribution in [-0.4, -0.2) is 21.0 Å². The van der Waals surface area contributed by atoms with E-state index in [1.165, 1.54) is 6.08 Å². The van der Waals surface area contributed by atoms with Gasteiger partial charge in [0.1, 0.15) is 6.29 Å². The molecule has 0 heterocycles. The van der Waals surface area contributed by atoms with E-state index in [-0.39, 0.29) is 0 Å². The second-order valence-corrected chi connectivity index (χ2v) is 4.71. The average Bonchev–Trinajstić information content (AvgIpc) is 2.14. The van der Waals surface area contributed by atoms with Crippen LogP contribution in [0, 0.1) is 0 Å². The van der Waals surface area contributed by atoms with E-state index in [0.717, 1.165) is 6.26 Å². The first-order valence-corrected chi connectivity index (χ1v) is 6.11. The third-order valence-corrected chi connectivity index (χ3v) is 2.20. The summed E-state index contributed by atoms with van der Waals surface area (Å²) in [5.41, 5.74) is 1.10. The number of aldehydes is 1. The van der Waals surface area contributed by atoms with E-state index in [2.05, 4.69) is 4.72 Å². The molecule has 0 aromatic heterocycles. The predicted octanol–water partition coefficient (Wildman–Crippen LogP) is 1.27. The Morgan fingerprint density at radius 2 is 1.93 bits per heavy atom. The van der Waals surface area contributed by atoms with Gasteiger partial charge in [0.25, 0.3) is 0 Å². The lowest BCUT2D eigenvalue weighted by molar-refractivity contribution is -0.104. The van der Waals surface area contributed by atoms with Crippen LogP contribution in [0.25, 0.3) is 6.08 Å². The molecule has 1 N–H and O–H groups in total. The van der Waals surface area contributed by atoms with Crippen LogP contribution >= 0.6 is 0 Å². The van der Waals surface area contributed by atoms with Crippen LogP contribution in [0.1, 0.15) is 5.56 Å². The molecule has 4 nitrogen and oxygen atoms in total. The van der Waals surface area contributed by atoms with Crippen LogP contribution in [0.4, 0.5) is 5.69 Å². The maximum absolute atomic E-state index is 11.0. The van der Waals surface area contributed by atoms with Crippen molar-refractivity contribution in [2.45, 2.75) is 0 Å². The Morgan fingerprint density at radius 3 is 2.53 bits per heavy atom. The van der Waals surface area contributed by atoms with Gasteiger partial charge in [-0.05, 0) is 23.8 Å². The Balaban J connectivity index is 3.06. The molecule has 0 unspecified atom stereocenters. The number of hydrogen-bond donors (Lipinski definition) is 1. The van der Waals surface area contributed by atoms with Crippen LogP contribution in [0.2, 0.25) is 0 Å². The zero-order valence-corrected chi connectivity index (χ0v) is 8.99. The van der Waals surface area contributed by atoms with Crippen molar-refractivity contribution >= 4 is 28.1 Å². The second-order valence-electron chi connectivity index (χ2n) is 2.96. The second kappa shape index (κ2) is 4.75. The van der Waals surface area contributed by atoms with Gasteiger partial charge in [0.05, 0.1) is 11.9 Å². The number of allylic oxidation sites excluding steroid dienone is 1. The largest absolute Gasteiger partial charge is 0.299 e. The van der Waals surface area contributed by atoms with E-state index in [0.29, 0.717) is 17.5 Å². The molecule has 0 saturated carbocycles. The maximum Gasteiger partial charge on any atom is 0.229 e. The molecule has 0 saturated heterocycles. The lowest BCUT2D eigenvalue weighted by Gasteiger charge is -2.06. The summed E-state index contributed by atoms with van der Waals surface area (Å²) in [6.07, 6.45) is 4.56. The number of benzene rings is 1. The molecular weight excluding hydrogens is 214 g/mol. The van der Waals surface area contributed by atoms with E-state index in [4.69, 9.17) is 0 Å². The molecule has 0 aliphatic carbocycles. The van der Waals surface area contributed by atoms with Crippen LogP contribution in [0.15, 0.2) is 30.3 Å². The normalized spacial score (nSPS) is 11.5. The zero-order chi connectivity index (χ0) is 11.3. The fourth-order valence-electron chi connectivity index (χ4n) is 1.08. The highest BCUT2D eigenvalue weighted by Crippen LogP contribution is 2.17. The van der Waals surface area contributed by atoms with E-state index >= 15 is 0 Å². The summed E-state index contributed by atoms with van der Waals surface area (Å²) < 4.78 is 24.4. The fourth-order valence-corrected chi connectivity index (χ4v) is 1.66. The number of anilines is 1. The van der Waals surface area contributed by atoms with Crippen molar-refractivity contribution in [3.05, 3.63) is 35.9 Å². The number of carbonyl (C=O) groups is 1. The maximum atomic E-state index is 11.0. The quantitative estimate of drug-likeness (QED) is 0.620. The standard InChI is InChI=1S/C10H11NO3S/c1-15(13,14)11-10-7-3-2-5-9(10)6-4-8-12/h2-8,11H,1H3/b6-4+. The summed E-state index contributed by atoms with van der Waals surface area (Å²) in [6.45, 7) is 0. The highest BCUT2D eigenvalue weighted by atomic mass is 32.2. The van der Waals surface area contributed by atoms with Crippen molar-refractivity contribution in [3.8, 4) is 0 Å². The third kappa shape index (κ3) is 3.95. The Bertz CT molecular complexity index is 477. The fraction of sp³-hybridized carbons (Fsp3) is 0.100. The molecule has 5 heteroatoms. The highest BCUT2D eigenvalue weighted by molar-refractivity contribution is 7.92. The van der Waals surface area contributed by atoms with Crippen molar-refractivity contribution < 1.29 is 13.2 Å². The number of rotatable bonds is 4. The Hall–Kier alpha value is -1.62. The van der Waals surface area contributed by atoms with Crippen molar-refractivity contribution in [1.82, 2.24) is 0 Å². The Morgan fingerprint density at radius 1 is 1.27 bits per heavy atom. The summed E-state index contributed by atoms with van der Waals surface area (Å²) in [4.78, 5) is 10.1. The molecule has 0 amide bonds. The highest BCUT2D eigenvalue weighted by Gasteiger charge is 2.04. The number of hydrogen-bond acceptors (Lipinski definition) is 3. The molecule has 0 spiro atoms. The van der Waals surface area contributed by atoms with Crippen molar-refractivity contribution in [2.75, 3.05) is 11.0 Å². The first kappa shape index (κ1) is 11.5. The SMILES string of the molecule is CS(=O)(=O)Nc1ccccc1/C=C/C=O. The summed E-state index contributed by atoms with van der Waals surface area (Å²) in [5.74, 6) is 0. The molecule has 0 radical (unpaired) electrons. The Labute approximate surface area is 88.7 Å². The van der Waals surface area contributed by atoms with Gasteiger partial charge in [-0.2, -0.15) is 0 Å². The van der Waals surface area contributed by atoms with Crippen LogP contribution in [-0.2, 0) is 14.8 Å². The first-order chi connectivity index (χ1) is 7.03. The van der Waals surface area contributed by atoms with Gasteiger partial charge in [0.2, 0.25) is 10.0 Å². The molecular formula is C10H11NO3S. The first-order valence-electron chi connectivity index (χ1n) is 4.21. The van der Waals surface area contributed by atoms with Gasteiger partial charge in [-0.25, -0.2) is 8.42 Å². The minimum absolute atomic E-state index is 0.457. The molecule has 0 fully saturated rings. The van der Waals surface area contributed by atoms with Gasteiger partial charge in [0, 0.05) is 0 Å². The predicted molar refractivity (Wildman–Crippen MR) is 60.0 cm³/mol. The minimum Gasteiger partial charge on any atom is -0.299 e. The number of sulfonamides is 1. The number of nitrogens with one attached hydrogen (secondary N) is 1. The van der Waals surface area contributed by atoms with Crippen LogP contribution < -0.4 is 4.72 Å². The molecule has 80 valence electrons. The van der Waals surface area contributed by atoms with Gasteiger partial charge in [-0.3, -0.25) is 9.52 Å².